The van der Waals surface area contributed by atoms with Crippen LogP contribution in [0.1, 0.15) is 40.0 Å². The second-order valence-electron chi connectivity index (χ2n) is 11.3. The lowest BCUT2D eigenvalue weighted by Gasteiger charge is -2.39. The average Bonchev–Trinajstić information content (AvgIpc) is 3.13. The highest BCUT2D eigenvalue weighted by molar-refractivity contribution is 5.93. The molecule has 1 aliphatic heterocycles. The first-order chi connectivity index (χ1) is 17.3. The third-order valence-corrected chi connectivity index (χ3v) is 7.41. The Bertz CT molecular complexity index is 1440. The minimum atomic E-state index is -0.0382. The third-order valence-electron chi connectivity index (χ3n) is 7.41. The summed E-state index contributed by atoms with van der Waals surface area (Å²) >= 11 is 0. The van der Waals surface area contributed by atoms with E-state index in [4.69, 9.17) is 9.97 Å². The Morgan fingerprint density at radius 1 is 0.889 bits per heavy atom. The van der Waals surface area contributed by atoms with Crippen molar-refractivity contribution in [2.24, 2.45) is 10.8 Å². The Morgan fingerprint density at radius 2 is 1.56 bits per heavy atom. The van der Waals surface area contributed by atoms with Crippen LogP contribution in [0, 0.1) is 10.8 Å². The van der Waals surface area contributed by atoms with Gasteiger partial charge in [0, 0.05) is 30.7 Å². The molecule has 2 fully saturated rings. The second kappa shape index (κ2) is 8.36. The molecule has 1 aliphatic carbocycles. The van der Waals surface area contributed by atoms with Gasteiger partial charge in [-0.3, -0.25) is 9.97 Å². The number of amides is 2. The number of nitrogens with zero attached hydrogens (tertiary/aromatic N) is 5. The van der Waals surface area contributed by atoms with Crippen LogP contribution in [-0.2, 0) is 0 Å². The Morgan fingerprint density at radius 3 is 2.19 bits per heavy atom. The summed E-state index contributed by atoms with van der Waals surface area (Å²) in [6.45, 7) is 7.76. The van der Waals surface area contributed by atoms with Crippen LogP contribution in [0.4, 0.5) is 10.5 Å². The maximum atomic E-state index is 13.3. The number of likely N-dealkylation sites (tertiary alicyclic amines) is 1. The molecule has 182 valence electrons. The molecule has 2 aliphatic rings. The first-order valence-electron chi connectivity index (χ1n) is 12.5. The van der Waals surface area contributed by atoms with Gasteiger partial charge in [-0.2, -0.15) is 0 Å². The molecule has 4 heterocycles. The number of carbonyl (C=O) groups is 1. The molecule has 4 aromatic rings. The van der Waals surface area contributed by atoms with Crippen LogP contribution < -0.4 is 5.32 Å². The summed E-state index contributed by atoms with van der Waals surface area (Å²) in [6, 6.07) is 17.4. The fraction of sp³-hybridized carbons (Fsp3) is 0.345. The maximum Gasteiger partial charge on any atom is 0.322 e. The van der Waals surface area contributed by atoms with Gasteiger partial charge in [-0.15, -0.1) is 0 Å². The summed E-state index contributed by atoms with van der Waals surface area (Å²) < 4.78 is 0. The molecule has 6 rings (SSSR count). The van der Waals surface area contributed by atoms with Crippen LogP contribution in [0.2, 0.25) is 0 Å². The van der Waals surface area contributed by atoms with Gasteiger partial charge in [-0.1, -0.05) is 32.9 Å². The van der Waals surface area contributed by atoms with Crippen LogP contribution in [0.5, 0.6) is 0 Å². The number of nitrogens with one attached hydrogen (secondary N) is 1. The predicted octanol–water partition coefficient (Wildman–Crippen LogP) is 6.19. The highest BCUT2D eigenvalue weighted by atomic mass is 16.2. The zero-order chi connectivity index (χ0) is 24.9. The van der Waals surface area contributed by atoms with Crippen molar-refractivity contribution >= 4 is 22.8 Å². The second-order valence-corrected chi connectivity index (χ2v) is 11.3. The number of fused-ring (bicyclic) bond motifs is 3. The van der Waals surface area contributed by atoms with Gasteiger partial charge in [-0.05, 0) is 72.6 Å². The number of hydrogen-bond donors (Lipinski definition) is 1. The number of aromatic nitrogens is 4. The van der Waals surface area contributed by atoms with Crippen LogP contribution in [0.15, 0.2) is 67.0 Å². The Labute approximate surface area is 211 Å². The highest BCUT2D eigenvalue weighted by Gasteiger charge is 2.51. The van der Waals surface area contributed by atoms with E-state index >= 15 is 0 Å². The van der Waals surface area contributed by atoms with E-state index < -0.39 is 0 Å². The molecular formula is C29H30N6O. The smallest absolute Gasteiger partial charge is 0.321 e. The van der Waals surface area contributed by atoms with Crippen LogP contribution in [0.25, 0.3) is 33.8 Å². The molecule has 1 saturated carbocycles. The van der Waals surface area contributed by atoms with Crippen LogP contribution in [-0.4, -0.2) is 43.5 Å². The SMILES string of the molecule is CC1(C)C[C@@H]2C[C@](C)(CN2C(=O)Nc2ccc3nc(-c4ccccn4)c(-c4ccccn4)nc3c2)C1. The van der Waals surface area contributed by atoms with Crippen molar-refractivity contribution in [2.75, 3.05) is 11.9 Å². The number of carbonyl (C=O) groups excluding carboxylic acids is 1. The number of rotatable bonds is 3. The van der Waals surface area contributed by atoms with Gasteiger partial charge < -0.3 is 10.2 Å². The lowest BCUT2D eigenvalue weighted by Crippen LogP contribution is -2.40. The summed E-state index contributed by atoms with van der Waals surface area (Å²) in [5.74, 6) is 0. The number of pyridine rings is 2. The first-order valence-corrected chi connectivity index (χ1v) is 12.5. The molecule has 2 amide bonds. The average molecular weight is 479 g/mol. The molecule has 1 N–H and O–H groups in total. The van der Waals surface area contributed by atoms with E-state index in [9.17, 15) is 4.79 Å². The highest BCUT2D eigenvalue weighted by Crippen LogP contribution is 2.52. The number of urea groups is 1. The monoisotopic (exact) mass is 478 g/mol. The standard InChI is InChI=1S/C29H30N6O/c1-28(2)15-20-16-29(3,17-28)18-35(20)27(36)32-19-10-11-21-24(14-19)34-26(23-9-5-7-13-31-23)25(33-21)22-8-4-6-12-30-22/h4-14,20H,15-18H2,1-3H3,(H,32,36)/t20-,29+/m1/s1. The van der Waals surface area contributed by atoms with Crippen molar-refractivity contribution < 1.29 is 4.79 Å². The summed E-state index contributed by atoms with van der Waals surface area (Å²) in [5, 5.41) is 3.13. The lowest BCUT2D eigenvalue weighted by atomic mass is 9.65. The molecular weight excluding hydrogens is 448 g/mol. The van der Waals surface area contributed by atoms with Crippen molar-refractivity contribution in [3.8, 4) is 22.8 Å². The summed E-state index contributed by atoms with van der Waals surface area (Å²) in [7, 11) is 0. The molecule has 1 saturated heterocycles. The third kappa shape index (κ3) is 4.19. The van der Waals surface area contributed by atoms with Gasteiger partial charge in [0.2, 0.25) is 0 Å². The Hall–Kier alpha value is -3.87. The van der Waals surface area contributed by atoms with E-state index in [1.807, 2.05) is 59.5 Å². The zero-order valence-electron chi connectivity index (χ0n) is 20.9. The summed E-state index contributed by atoms with van der Waals surface area (Å²) in [4.78, 5) is 34.2. The minimum absolute atomic E-state index is 0.0382. The van der Waals surface area contributed by atoms with E-state index in [2.05, 4.69) is 36.1 Å². The van der Waals surface area contributed by atoms with E-state index in [-0.39, 0.29) is 22.9 Å². The first kappa shape index (κ1) is 22.6. The van der Waals surface area contributed by atoms with Gasteiger partial charge in [0.25, 0.3) is 0 Å². The van der Waals surface area contributed by atoms with Crippen molar-refractivity contribution in [3.05, 3.63) is 67.0 Å². The van der Waals surface area contributed by atoms with Crippen molar-refractivity contribution in [1.29, 1.82) is 0 Å². The van der Waals surface area contributed by atoms with Gasteiger partial charge >= 0.3 is 6.03 Å². The van der Waals surface area contributed by atoms with Crippen molar-refractivity contribution in [1.82, 2.24) is 24.8 Å². The Balaban J connectivity index is 1.34. The molecule has 0 radical (unpaired) electrons. The predicted molar refractivity (Wildman–Crippen MR) is 141 cm³/mol. The summed E-state index contributed by atoms with van der Waals surface area (Å²) in [5.41, 5.74) is 5.40. The van der Waals surface area contributed by atoms with Crippen molar-refractivity contribution in [2.45, 2.75) is 46.1 Å². The van der Waals surface area contributed by atoms with Gasteiger partial charge in [0.15, 0.2) is 0 Å². The molecule has 7 nitrogen and oxygen atoms in total. The van der Waals surface area contributed by atoms with Gasteiger partial charge in [0.05, 0.1) is 22.4 Å². The van der Waals surface area contributed by atoms with Crippen molar-refractivity contribution in [3.63, 3.8) is 0 Å². The number of anilines is 1. The minimum Gasteiger partial charge on any atom is -0.321 e. The molecule has 36 heavy (non-hydrogen) atoms. The van der Waals surface area contributed by atoms with E-state index in [1.165, 1.54) is 0 Å². The summed E-state index contributed by atoms with van der Waals surface area (Å²) in [6.07, 6.45) is 6.77. The molecule has 2 atom stereocenters. The fourth-order valence-electron chi connectivity index (χ4n) is 6.39. The molecule has 0 unspecified atom stereocenters. The number of benzene rings is 1. The van der Waals surface area contributed by atoms with E-state index in [0.29, 0.717) is 22.6 Å². The quantitative estimate of drug-likeness (QED) is 0.380. The molecule has 3 aromatic heterocycles. The van der Waals surface area contributed by atoms with E-state index in [0.717, 1.165) is 42.7 Å². The Kier molecular flexibility index (Phi) is 5.25. The molecule has 1 aromatic carbocycles. The van der Waals surface area contributed by atoms with Crippen LogP contribution >= 0.6 is 0 Å². The van der Waals surface area contributed by atoms with Gasteiger partial charge in [0.1, 0.15) is 11.4 Å². The zero-order valence-corrected chi connectivity index (χ0v) is 20.9. The molecule has 7 heteroatoms. The maximum absolute atomic E-state index is 13.3. The lowest BCUT2D eigenvalue weighted by molar-refractivity contribution is 0.130. The normalized spacial score (nSPS) is 22.5. The number of hydrogen-bond acceptors (Lipinski definition) is 5. The fourth-order valence-corrected chi connectivity index (χ4v) is 6.39. The molecule has 0 spiro atoms. The largest absolute Gasteiger partial charge is 0.322 e. The molecule has 2 bridgehead atoms. The van der Waals surface area contributed by atoms with E-state index in [1.54, 1.807) is 12.4 Å². The van der Waals surface area contributed by atoms with Gasteiger partial charge in [-0.25, -0.2) is 14.8 Å². The topological polar surface area (TPSA) is 83.9 Å². The van der Waals surface area contributed by atoms with Crippen LogP contribution in [0.3, 0.4) is 0 Å².